The van der Waals surface area contributed by atoms with E-state index in [1.54, 1.807) is 17.3 Å². The molecule has 1 amide bonds. The van der Waals surface area contributed by atoms with Gasteiger partial charge in [-0.25, -0.2) is 14.4 Å². The Morgan fingerprint density at radius 2 is 2.22 bits per heavy atom. The van der Waals surface area contributed by atoms with Gasteiger partial charge in [-0.3, -0.25) is 9.89 Å². The Balaban J connectivity index is 1.41. The summed E-state index contributed by atoms with van der Waals surface area (Å²) >= 11 is 5.73. The molecule has 1 saturated heterocycles. The number of likely N-dealkylation sites (tertiary alicyclic amines) is 1. The number of fused-ring (bicyclic) bond motifs is 1. The first-order chi connectivity index (χ1) is 13.1. The molecule has 0 aliphatic carbocycles. The quantitative estimate of drug-likeness (QED) is 0.741. The molecule has 1 aromatic carbocycles. The molecule has 2 aromatic heterocycles. The molecule has 1 aliphatic heterocycles. The Kier molecular flexibility index (Phi) is 4.89. The molecule has 7 nitrogen and oxygen atoms in total. The van der Waals surface area contributed by atoms with Gasteiger partial charge in [0, 0.05) is 37.5 Å². The second-order valence-electron chi connectivity index (χ2n) is 6.41. The molecule has 140 valence electrons. The van der Waals surface area contributed by atoms with E-state index in [-0.39, 0.29) is 23.5 Å². The van der Waals surface area contributed by atoms with Gasteiger partial charge in [-0.15, -0.1) is 0 Å². The number of nitrogens with zero attached hydrogens (tertiary/aromatic N) is 4. The summed E-state index contributed by atoms with van der Waals surface area (Å²) in [6.07, 6.45) is 5.04. The fourth-order valence-corrected chi connectivity index (χ4v) is 3.47. The lowest BCUT2D eigenvalue weighted by molar-refractivity contribution is -0.134. The molecule has 3 aromatic rings. The van der Waals surface area contributed by atoms with Gasteiger partial charge in [-0.05, 0) is 25.0 Å². The zero-order valence-corrected chi connectivity index (χ0v) is 15.1. The summed E-state index contributed by atoms with van der Waals surface area (Å²) in [7, 11) is 0. The Morgan fingerprint density at radius 3 is 3.07 bits per heavy atom. The number of carbonyl (C=O) groups is 1. The smallest absolute Gasteiger partial charge is 0.260 e. The number of halogens is 2. The predicted octanol–water partition coefficient (Wildman–Crippen LogP) is 2.93. The number of ether oxygens (including phenoxy) is 1. The van der Waals surface area contributed by atoms with Gasteiger partial charge in [0.15, 0.2) is 12.3 Å². The average Bonchev–Trinajstić information content (AvgIpc) is 3.13. The number of rotatable bonds is 4. The third-order valence-electron chi connectivity index (χ3n) is 4.65. The highest BCUT2D eigenvalue weighted by Crippen LogP contribution is 2.29. The number of carbonyl (C=O) groups excluding carboxylic acids is 1. The average molecular weight is 390 g/mol. The van der Waals surface area contributed by atoms with E-state index in [4.69, 9.17) is 16.3 Å². The summed E-state index contributed by atoms with van der Waals surface area (Å²) in [5.74, 6) is -0.179. The fourth-order valence-electron chi connectivity index (χ4n) is 3.30. The van der Waals surface area contributed by atoms with Gasteiger partial charge >= 0.3 is 0 Å². The summed E-state index contributed by atoms with van der Waals surface area (Å²) in [4.78, 5) is 22.8. The standard InChI is InChI=1S/C18H17ClFN5O2/c19-13-8-12(3-4-14(13)20)27-10-15(26)25-7-1-2-11(9-25)16-17-18(24-23-16)22-6-5-21-17/h3-6,8,11H,1-2,7,9-10H2,(H,22,23,24). The van der Waals surface area contributed by atoms with Crippen LogP contribution in [0.4, 0.5) is 4.39 Å². The minimum Gasteiger partial charge on any atom is -0.484 e. The van der Waals surface area contributed by atoms with Crippen molar-refractivity contribution in [2.75, 3.05) is 19.7 Å². The number of piperidine rings is 1. The minimum atomic E-state index is -0.524. The highest BCUT2D eigenvalue weighted by molar-refractivity contribution is 6.30. The Bertz CT molecular complexity index is 979. The zero-order chi connectivity index (χ0) is 18.8. The van der Waals surface area contributed by atoms with Crippen LogP contribution in [0.15, 0.2) is 30.6 Å². The van der Waals surface area contributed by atoms with Crippen LogP contribution in [0.25, 0.3) is 11.2 Å². The second kappa shape index (κ2) is 7.48. The maximum atomic E-state index is 13.2. The summed E-state index contributed by atoms with van der Waals surface area (Å²) < 4.78 is 18.7. The SMILES string of the molecule is O=C(COc1ccc(F)c(Cl)c1)N1CCCC(c2[nH]nc3nccnc23)C1. The first-order valence-corrected chi connectivity index (χ1v) is 9.00. The normalized spacial score (nSPS) is 17.3. The molecule has 9 heteroatoms. The van der Waals surface area contributed by atoms with E-state index in [0.717, 1.165) is 24.1 Å². The number of benzene rings is 1. The first kappa shape index (κ1) is 17.7. The molecule has 1 fully saturated rings. The van der Waals surface area contributed by atoms with Gasteiger partial charge in [0.25, 0.3) is 5.91 Å². The fraction of sp³-hybridized carbons (Fsp3) is 0.333. The van der Waals surface area contributed by atoms with Crippen molar-refractivity contribution in [3.05, 3.63) is 47.1 Å². The van der Waals surface area contributed by atoms with Crippen molar-refractivity contribution in [1.29, 1.82) is 0 Å². The van der Waals surface area contributed by atoms with Crippen molar-refractivity contribution in [2.45, 2.75) is 18.8 Å². The molecule has 1 atom stereocenters. The summed E-state index contributed by atoms with van der Waals surface area (Å²) in [5.41, 5.74) is 2.23. The van der Waals surface area contributed by atoms with Crippen molar-refractivity contribution in [2.24, 2.45) is 0 Å². The molecular formula is C18H17ClFN5O2. The van der Waals surface area contributed by atoms with Crippen molar-refractivity contribution in [3.8, 4) is 5.75 Å². The highest BCUT2D eigenvalue weighted by Gasteiger charge is 2.28. The van der Waals surface area contributed by atoms with Crippen LogP contribution in [0.3, 0.4) is 0 Å². The highest BCUT2D eigenvalue weighted by atomic mass is 35.5. The molecule has 3 heterocycles. The van der Waals surface area contributed by atoms with E-state index in [1.807, 2.05) is 0 Å². The van der Waals surface area contributed by atoms with Crippen molar-refractivity contribution >= 4 is 28.7 Å². The van der Waals surface area contributed by atoms with E-state index in [2.05, 4.69) is 20.2 Å². The van der Waals surface area contributed by atoms with Crippen molar-refractivity contribution < 1.29 is 13.9 Å². The van der Waals surface area contributed by atoms with Crippen LogP contribution in [-0.2, 0) is 4.79 Å². The number of aromatic amines is 1. The lowest BCUT2D eigenvalue weighted by Crippen LogP contribution is -2.41. The molecule has 0 bridgehead atoms. The number of aromatic nitrogens is 4. The maximum Gasteiger partial charge on any atom is 0.260 e. The lowest BCUT2D eigenvalue weighted by Gasteiger charge is -2.32. The molecule has 4 rings (SSSR count). The topological polar surface area (TPSA) is 84.0 Å². The zero-order valence-electron chi connectivity index (χ0n) is 14.4. The van der Waals surface area contributed by atoms with Crippen LogP contribution >= 0.6 is 11.6 Å². The Hall–Kier alpha value is -2.74. The van der Waals surface area contributed by atoms with E-state index >= 15 is 0 Å². The lowest BCUT2D eigenvalue weighted by atomic mass is 9.94. The second-order valence-corrected chi connectivity index (χ2v) is 6.82. The number of H-pyrrole nitrogens is 1. The molecule has 1 aliphatic rings. The molecule has 1 N–H and O–H groups in total. The molecule has 27 heavy (non-hydrogen) atoms. The van der Waals surface area contributed by atoms with Gasteiger partial charge in [0.05, 0.1) is 10.7 Å². The first-order valence-electron chi connectivity index (χ1n) is 8.62. The van der Waals surface area contributed by atoms with Crippen LogP contribution in [0.5, 0.6) is 5.75 Å². The largest absolute Gasteiger partial charge is 0.484 e. The monoisotopic (exact) mass is 389 g/mol. The van der Waals surface area contributed by atoms with Gasteiger partial charge in [-0.1, -0.05) is 11.6 Å². The van der Waals surface area contributed by atoms with Crippen LogP contribution in [-0.4, -0.2) is 50.7 Å². The summed E-state index contributed by atoms with van der Waals surface area (Å²) in [5, 5.41) is 7.17. The van der Waals surface area contributed by atoms with E-state index in [0.29, 0.717) is 24.5 Å². The third kappa shape index (κ3) is 3.71. The van der Waals surface area contributed by atoms with Crippen LogP contribution in [0.1, 0.15) is 24.5 Å². The van der Waals surface area contributed by atoms with E-state index in [1.165, 1.54) is 18.2 Å². The van der Waals surface area contributed by atoms with Gasteiger partial charge < -0.3 is 9.64 Å². The predicted molar refractivity (Wildman–Crippen MR) is 97.1 cm³/mol. The Labute approximate surface area is 159 Å². The molecule has 1 unspecified atom stereocenters. The van der Waals surface area contributed by atoms with Gasteiger partial charge in [0.2, 0.25) is 0 Å². The van der Waals surface area contributed by atoms with E-state index < -0.39 is 5.82 Å². The number of hydrogen-bond acceptors (Lipinski definition) is 5. The third-order valence-corrected chi connectivity index (χ3v) is 4.94. The van der Waals surface area contributed by atoms with Gasteiger partial charge in [-0.2, -0.15) is 5.10 Å². The van der Waals surface area contributed by atoms with Crippen molar-refractivity contribution in [3.63, 3.8) is 0 Å². The van der Waals surface area contributed by atoms with Crippen LogP contribution < -0.4 is 4.74 Å². The van der Waals surface area contributed by atoms with Crippen LogP contribution in [0, 0.1) is 5.82 Å². The number of hydrogen-bond donors (Lipinski definition) is 1. The molecular weight excluding hydrogens is 373 g/mol. The van der Waals surface area contributed by atoms with Crippen molar-refractivity contribution in [1.82, 2.24) is 25.1 Å². The van der Waals surface area contributed by atoms with E-state index in [9.17, 15) is 9.18 Å². The summed E-state index contributed by atoms with van der Waals surface area (Å²) in [6.45, 7) is 1.10. The summed E-state index contributed by atoms with van der Waals surface area (Å²) in [6, 6.07) is 4.02. The molecule has 0 spiro atoms. The van der Waals surface area contributed by atoms with Gasteiger partial charge in [0.1, 0.15) is 17.1 Å². The molecule has 0 radical (unpaired) electrons. The van der Waals surface area contributed by atoms with Crippen LogP contribution in [0.2, 0.25) is 5.02 Å². The number of amides is 1. The molecule has 0 saturated carbocycles. The number of nitrogens with one attached hydrogen (secondary N) is 1. The maximum absolute atomic E-state index is 13.2. The minimum absolute atomic E-state index is 0.0368. The Morgan fingerprint density at radius 1 is 1.37 bits per heavy atom.